The van der Waals surface area contributed by atoms with Crippen LogP contribution in [0.1, 0.15) is 0 Å². The maximum Gasteiger partial charge on any atom is 1.00 e. The average Bonchev–Trinajstić information content (AvgIpc) is 0.722. The van der Waals surface area contributed by atoms with Gasteiger partial charge in [0.2, 0.25) is 0 Å². The van der Waals surface area contributed by atoms with Crippen molar-refractivity contribution in [2.45, 2.75) is 0 Å². The Morgan fingerprint density at radius 2 is 0.471 bits per heavy atom. The first kappa shape index (κ1) is 114. The number of rotatable bonds is 0. The molecule has 0 saturated heterocycles. The van der Waals surface area contributed by atoms with Crippen molar-refractivity contribution in [3.8, 4) is 0 Å². The van der Waals surface area contributed by atoms with E-state index in [0.717, 1.165) is 0 Å². The maximum absolute atomic E-state index is 8.88. The van der Waals surface area contributed by atoms with E-state index in [1.54, 1.807) is 0 Å². The first-order valence-corrected chi connectivity index (χ1v) is 2.35. The Morgan fingerprint density at radius 1 is 0.471 bits per heavy atom. The van der Waals surface area contributed by atoms with Crippen LogP contribution in [0.15, 0.2) is 0 Å². The van der Waals surface area contributed by atoms with Gasteiger partial charge in [-0.3, -0.25) is 0 Å². The van der Waals surface area contributed by atoms with Crippen molar-refractivity contribution >= 4 is 7.82 Å². The van der Waals surface area contributed by atoms with E-state index in [9.17, 15) is 0 Å². The standard InChI is InChI=1S/6FH.6Na.H3O4P/c;;;;;;;;;;;;1-5(2,3)4/h6*1H;;;;;;;(H3,1,2,3,4)/q;;;;;;6*+1;/p-6. The molecule has 0 unspecified atom stereocenters. The summed E-state index contributed by atoms with van der Waals surface area (Å²) in [5.74, 6) is 0. The largest absolute Gasteiger partial charge is 1.00 e. The fourth-order valence-corrected chi connectivity index (χ4v) is 0. The predicted octanol–water partition coefficient (Wildman–Crippen LogP) is -36.9. The molecule has 0 rings (SSSR count). The van der Waals surface area contributed by atoms with E-state index in [2.05, 4.69) is 0 Å². The molecule has 0 aliphatic heterocycles. The van der Waals surface area contributed by atoms with Gasteiger partial charge in [-0.15, -0.1) is 0 Å². The first-order chi connectivity index (χ1) is 2.00. The second-order valence-electron chi connectivity index (χ2n) is 0.513. The van der Waals surface area contributed by atoms with Gasteiger partial charge in [0.05, 0.1) is 0 Å². The molecule has 0 fully saturated rings. The van der Waals surface area contributed by atoms with Gasteiger partial charge < -0.3 is 42.9 Å². The van der Waals surface area contributed by atoms with Crippen LogP contribution in [0.2, 0.25) is 0 Å². The molecule has 0 heterocycles. The second-order valence-corrected chi connectivity index (χ2v) is 1.54. The molecule has 0 radical (unpaired) electrons. The second kappa shape index (κ2) is 67.9. The van der Waals surface area contributed by atoms with Crippen molar-refractivity contribution in [2.75, 3.05) is 0 Å². The molecule has 0 aromatic rings. The summed E-state index contributed by atoms with van der Waals surface area (Å²) in [4.78, 5) is 21.6. The van der Waals surface area contributed by atoms with Crippen molar-refractivity contribution in [1.82, 2.24) is 0 Å². The van der Waals surface area contributed by atoms with Gasteiger partial charge in [-0.05, 0) is 0 Å². The van der Waals surface area contributed by atoms with E-state index in [0.29, 0.717) is 0 Å². The third-order valence-electron chi connectivity index (χ3n) is 0. The molecule has 0 spiro atoms. The van der Waals surface area contributed by atoms with Gasteiger partial charge in [0.15, 0.2) is 0 Å². The van der Waals surface area contributed by atoms with Gasteiger partial charge in [-0.2, -0.15) is 0 Å². The van der Waals surface area contributed by atoms with Crippen LogP contribution >= 0.6 is 7.82 Å². The van der Waals surface area contributed by atoms with Crippen LogP contribution in [0.3, 0.4) is 0 Å². The Hall–Kier alpha value is 5.69. The zero-order valence-corrected chi connectivity index (χ0v) is 23.4. The van der Waals surface area contributed by atoms with Crippen LogP contribution in [-0.2, 0) is 4.57 Å². The van der Waals surface area contributed by atoms with Gasteiger partial charge in [-0.25, -0.2) is 4.57 Å². The topological polar surface area (TPSA) is 77.8 Å². The number of phosphoric acid groups is 1. The number of hydrogen-bond donors (Lipinski definition) is 3. The summed E-state index contributed by atoms with van der Waals surface area (Å²) in [6.07, 6.45) is 0. The molecule has 17 heavy (non-hydrogen) atoms. The van der Waals surface area contributed by atoms with Crippen LogP contribution in [-0.4, -0.2) is 14.7 Å². The summed E-state index contributed by atoms with van der Waals surface area (Å²) < 4.78 is 8.88. The summed E-state index contributed by atoms with van der Waals surface area (Å²) in [6.45, 7) is 0. The van der Waals surface area contributed by atoms with E-state index in [4.69, 9.17) is 19.2 Å². The van der Waals surface area contributed by atoms with Crippen LogP contribution < -0.4 is 206 Å². The minimum absolute atomic E-state index is 0. The third kappa shape index (κ3) is 260. The van der Waals surface area contributed by atoms with Gasteiger partial charge >= 0.3 is 185 Å². The Labute approximate surface area is 227 Å². The molecule has 0 atom stereocenters. The van der Waals surface area contributed by atoms with E-state index in [1.807, 2.05) is 0 Å². The average molecular weight is 350 g/mol. The number of halogens is 6. The SMILES string of the molecule is O=P(O)(O)O.[F-].[F-].[F-].[F-].[F-].[F-].[Na+].[Na+].[Na+].[Na+].[Na+].[Na+]. The van der Waals surface area contributed by atoms with Crippen LogP contribution in [0.4, 0.5) is 0 Å². The quantitative estimate of drug-likeness (QED) is 0.231. The Bertz CT molecular complexity index is 76.6. The van der Waals surface area contributed by atoms with Crippen molar-refractivity contribution < 1.29 is 225 Å². The first-order valence-electron chi connectivity index (χ1n) is 0.783. The summed E-state index contributed by atoms with van der Waals surface area (Å²) >= 11 is 0. The van der Waals surface area contributed by atoms with E-state index in [-0.39, 0.29) is 206 Å². The Kier molecular flexibility index (Phi) is 454. The molecule has 0 aliphatic carbocycles. The molecule has 0 aromatic heterocycles. The van der Waals surface area contributed by atoms with Gasteiger partial charge in [0.1, 0.15) is 0 Å². The molecular formula is H3F6Na6O4P. The maximum atomic E-state index is 8.88. The minimum atomic E-state index is -4.64. The fraction of sp³-hybridized carbons (Fsp3) is 0. The van der Waals surface area contributed by atoms with Gasteiger partial charge in [0.25, 0.3) is 0 Å². The zero-order chi connectivity index (χ0) is 4.50. The smallest absolute Gasteiger partial charge is 1.00 e. The number of hydrogen-bond acceptors (Lipinski definition) is 1. The molecule has 0 bridgehead atoms. The summed E-state index contributed by atoms with van der Waals surface area (Å²) in [6, 6.07) is 0. The minimum Gasteiger partial charge on any atom is -1.00 e. The van der Waals surface area contributed by atoms with E-state index in [1.165, 1.54) is 0 Å². The molecule has 0 aromatic carbocycles. The summed E-state index contributed by atoms with van der Waals surface area (Å²) in [7, 11) is -4.64. The summed E-state index contributed by atoms with van der Waals surface area (Å²) in [5, 5.41) is 0. The van der Waals surface area contributed by atoms with Crippen molar-refractivity contribution in [3.63, 3.8) is 0 Å². The molecule has 0 aliphatic rings. The van der Waals surface area contributed by atoms with Crippen LogP contribution in [0, 0.1) is 0 Å². The van der Waals surface area contributed by atoms with Gasteiger partial charge in [0, 0.05) is 0 Å². The van der Waals surface area contributed by atoms with Crippen LogP contribution in [0.25, 0.3) is 0 Å². The predicted molar refractivity (Wildman–Crippen MR) is 14.3 cm³/mol. The molecule has 80 valence electrons. The van der Waals surface area contributed by atoms with Crippen LogP contribution in [0.5, 0.6) is 0 Å². The Balaban J connectivity index is -0.00000000121. The van der Waals surface area contributed by atoms with E-state index >= 15 is 0 Å². The monoisotopic (exact) mass is 350 g/mol. The molecule has 3 N–H and O–H groups in total. The Morgan fingerprint density at radius 3 is 0.471 bits per heavy atom. The molecule has 17 heteroatoms. The molecule has 0 amide bonds. The normalized spacial score (nSPS) is 3.47. The fourth-order valence-electron chi connectivity index (χ4n) is 0. The molecular weight excluding hydrogens is 347 g/mol. The molecule has 4 nitrogen and oxygen atoms in total. The van der Waals surface area contributed by atoms with Crippen molar-refractivity contribution in [3.05, 3.63) is 0 Å². The van der Waals surface area contributed by atoms with Gasteiger partial charge in [-0.1, -0.05) is 0 Å². The summed E-state index contributed by atoms with van der Waals surface area (Å²) in [5.41, 5.74) is 0. The van der Waals surface area contributed by atoms with Crippen molar-refractivity contribution in [2.24, 2.45) is 0 Å². The van der Waals surface area contributed by atoms with Crippen molar-refractivity contribution in [1.29, 1.82) is 0 Å². The molecule has 0 saturated carbocycles. The third-order valence-corrected chi connectivity index (χ3v) is 0. The zero-order valence-electron chi connectivity index (χ0n) is 10.5. The van der Waals surface area contributed by atoms with E-state index < -0.39 is 7.82 Å².